The van der Waals surface area contributed by atoms with E-state index in [9.17, 15) is 4.79 Å². The van der Waals surface area contributed by atoms with E-state index in [2.05, 4.69) is 20.9 Å². The maximum absolute atomic E-state index is 12.5. The molecule has 0 spiro atoms. The normalized spacial score (nSPS) is 10.3. The second-order valence-electron chi connectivity index (χ2n) is 4.26. The van der Waals surface area contributed by atoms with Crippen LogP contribution in [0.5, 0.6) is 0 Å². The molecule has 104 valence electrons. The third-order valence-corrected chi connectivity index (χ3v) is 3.80. The van der Waals surface area contributed by atoms with E-state index >= 15 is 0 Å². The van der Waals surface area contributed by atoms with Gasteiger partial charge in [-0.25, -0.2) is 0 Å². The van der Waals surface area contributed by atoms with Gasteiger partial charge in [0.1, 0.15) is 0 Å². The zero-order chi connectivity index (χ0) is 14.5. The molecule has 2 rings (SSSR count). The Bertz CT molecular complexity index is 604. The highest BCUT2D eigenvalue weighted by Gasteiger charge is 2.17. The Morgan fingerprint density at radius 1 is 1.35 bits per heavy atom. The summed E-state index contributed by atoms with van der Waals surface area (Å²) in [5.41, 5.74) is 1.47. The lowest BCUT2D eigenvalue weighted by Gasteiger charge is -2.21. The van der Waals surface area contributed by atoms with Crippen molar-refractivity contribution in [3.63, 3.8) is 0 Å². The van der Waals surface area contributed by atoms with Crippen molar-refractivity contribution in [2.24, 2.45) is 0 Å². The molecule has 3 nitrogen and oxygen atoms in total. The second kappa shape index (κ2) is 6.86. The zero-order valence-corrected chi connectivity index (χ0v) is 13.4. The Kier molecular flexibility index (Phi) is 5.15. The number of carbonyl (C=O) groups excluding carboxylic acids is 1. The molecule has 20 heavy (non-hydrogen) atoms. The predicted octanol–water partition coefficient (Wildman–Crippen LogP) is 4.16. The molecule has 0 radical (unpaired) electrons. The quantitative estimate of drug-likeness (QED) is 0.827. The number of aromatic nitrogens is 1. The molecule has 0 aliphatic carbocycles. The Morgan fingerprint density at radius 3 is 2.75 bits per heavy atom. The Labute approximate surface area is 131 Å². The van der Waals surface area contributed by atoms with Gasteiger partial charge in [0.25, 0.3) is 5.91 Å². The van der Waals surface area contributed by atoms with Crippen molar-refractivity contribution >= 4 is 33.4 Å². The van der Waals surface area contributed by atoms with Crippen LogP contribution in [0.4, 0.5) is 0 Å². The van der Waals surface area contributed by atoms with Gasteiger partial charge in [0, 0.05) is 22.2 Å². The fourth-order valence-electron chi connectivity index (χ4n) is 1.85. The van der Waals surface area contributed by atoms with Crippen LogP contribution >= 0.6 is 27.5 Å². The summed E-state index contributed by atoms with van der Waals surface area (Å²) in [6.45, 7) is 3.06. The molecule has 0 bridgehead atoms. The molecule has 0 N–H and O–H groups in total. The fourth-order valence-corrected chi connectivity index (χ4v) is 2.70. The summed E-state index contributed by atoms with van der Waals surface area (Å²) in [6.07, 6.45) is 1.73. The summed E-state index contributed by atoms with van der Waals surface area (Å²) in [5.74, 6) is -0.0401. The number of hydrogen-bond acceptors (Lipinski definition) is 2. The van der Waals surface area contributed by atoms with E-state index in [1.807, 2.05) is 25.1 Å². The van der Waals surface area contributed by atoms with Crippen molar-refractivity contribution in [3.8, 4) is 0 Å². The molecule has 0 unspecified atom stereocenters. The predicted molar refractivity (Wildman–Crippen MR) is 83.8 cm³/mol. The molecule has 1 aromatic carbocycles. The Balaban J connectivity index is 2.21. The molecule has 0 saturated carbocycles. The van der Waals surface area contributed by atoms with Crippen molar-refractivity contribution < 1.29 is 4.79 Å². The third kappa shape index (κ3) is 3.58. The van der Waals surface area contributed by atoms with Gasteiger partial charge in [-0.2, -0.15) is 0 Å². The molecule has 1 heterocycles. The second-order valence-corrected chi connectivity index (χ2v) is 5.56. The van der Waals surface area contributed by atoms with Crippen LogP contribution in [0.1, 0.15) is 23.0 Å². The van der Waals surface area contributed by atoms with E-state index in [4.69, 9.17) is 11.6 Å². The standard InChI is InChI=1S/C15H14BrClN2O/c1-2-19(10-12-5-3-4-8-18-12)15(20)13-7-6-11(17)9-14(13)16/h3-9H,2,10H2,1H3. The molecule has 0 fully saturated rings. The fraction of sp³-hybridized carbons (Fsp3) is 0.200. The monoisotopic (exact) mass is 352 g/mol. The number of benzene rings is 1. The van der Waals surface area contributed by atoms with Gasteiger partial charge in [0.2, 0.25) is 0 Å². The van der Waals surface area contributed by atoms with Crippen LogP contribution in [0, 0.1) is 0 Å². The Hall–Kier alpha value is -1.39. The average molecular weight is 354 g/mol. The number of amides is 1. The molecule has 1 aromatic heterocycles. The molecule has 0 saturated heterocycles. The number of hydrogen-bond donors (Lipinski definition) is 0. The van der Waals surface area contributed by atoms with Crippen LogP contribution in [-0.4, -0.2) is 22.3 Å². The van der Waals surface area contributed by atoms with E-state index in [-0.39, 0.29) is 5.91 Å². The van der Waals surface area contributed by atoms with Gasteiger partial charge >= 0.3 is 0 Å². The van der Waals surface area contributed by atoms with Gasteiger partial charge in [-0.05, 0) is 53.2 Å². The van der Waals surface area contributed by atoms with Gasteiger partial charge in [0.15, 0.2) is 0 Å². The number of halogens is 2. The molecule has 0 atom stereocenters. The highest BCUT2D eigenvalue weighted by atomic mass is 79.9. The van der Waals surface area contributed by atoms with Crippen molar-refractivity contribution in [3.05, 3.63) is 63.3 Å². The summed E-state index contributed by atoms with van der Waals surface area (Å²) in [5, 5.41) is 0.598. The Morgan fingerprint density at radius 2 is 2.15 bits per heavy atom. The van der Waals surface area contributed by atoms with Gasteiger partial charge in [-0.3, -0.25) is 9.78 Å². The largest absolute Gasteiger partial charge is 0.333 e. The molecule has 1 amide bonds. The summed E-state index contributed by atoms with van der Waals surface area (Å²) in [4.78, 5) is 18.5. The minimum Gasteiger partial charge on any atom is -0.333 e. The van der Waals surface area contributed by atoms with Crippen molar-refractivity contribution in [2.75, 3.05) is 6.54 Å². The van der Waals surface area contributed by atoms with Crippen LogP contribution in [-0.2, 0) is 6.54 Å². The number of nitrogens with zero attached hydrogens (tertiary/aromatic N) is 2. The summed E-state index contributed by atoms with van der Waals surface area (Å²) >= 11 is 9.28. The lowest BCUT2D eigenvalue weighted by Crippen LogP contribution is -2.30. The van der Waals surface area contributed by atoms with E-state index in [1.54, 1.807) is 29.3 Å². The maximum atomic E-state index is 12.5. The molecular formula is C15H14BrClN2O. The first-order valence-corrected chi connectivity index (χ1v) is 7.43. The smallest absolute Gasteiger partial charge is 0.255 e. The zero-order valence-electron chi connectivity index (χ0n) is 11.0. The van der Waals surface area contributed by atoms with Gasteiger partial charge in [-0.1, -0.05) is 17.7 Å². The molecule has 5 heteroatoms. The lowest BCUT2D eigenvalue weighted by atomic mass is 10.2. The summed E-state index contributed by atoms with van der Waals surface area (Å²) in [7, 11) is 0. The first-order valence-electron chi connectivity index (χ1n) is 6.26. The van der Waals surface area contributed by atoms with Crippen molar-refractivity contribution in [1.29, 1.82) is 0 Å². The van der Waals surface area contributed by atoms with Gasteiger partial charge in [-0.15, -0.1) is 0 Å². The maximum Gasteiger partial charge on any atom is 0.255 e. The molecular weight excluding hydrogens is 340 g/mol. The van der Waals surface area contributed by atoms with E-state index in [0.717, 1.165) is 5.69 Å². The van der Waals surface area contributed by atoms with E-state index in [1.165, 1.54) is 0 Å². The highest BCUT2D eigenvalue weighted by Crippen LogP contribution is 2.23. The SMILES string of the molecule is CCN(Cc1ccccn1)C(=O)c1ccc(Cl)cc1Br. The van der Waals surface area contributed by atoms with Crippen LogP contribution in [0.2, 0.25) is 5.02 Å². The topological polar surface area (TPSA) is 33.2 Å². The number of carbonyl (C=O) groups is 1. The van der Waals surface area contributed by atoms with Crippen LogP contribution < -0.4 is 0 Å². The van der Waals surface area contributed by atoms with E-state index in [0.29, 0.717) is 28.1 Å². The van der Waals surface area contributed by atoms with Crippen molar-refractivity contribution in [1.82, 2.24) is 9.88 Å². The first kappa shape index (κ1) is 15.0. The molecule has 0 aliphatic rings. The number of rotatable bonds is 4. The number of pyridine rings is 1. The van der Waals surface area contributed by atoms with Crippen molar-refractivity contribution in [2.45, 2.75) is 13.5 Å². The van der Waals surface area contributed by atoms with Crippen LogP contribution in [0.15, 0.2) is 47.1 Å². The summed E-state index contributed by atoms with van der Waals surface area (Å²) < 4.78 is 0.703. The third-order valence-electron chi connectivity index (χ3n) is 2.91. The average Bonchev–Trinajstić information content (AvgIpc) is 2.45. The lowest BCUT2D eigenvalue weighted by molar-refractivity contribution is 0.0749. The van der Waals surface area contributed by atoms with Crippen LogP contribution in [0.3, 0.4) is 0 Å². The highest BCUT2D eigenvalue weighted by molar-refractivity contribution is 9.10. The van der Waals surface area contributed by atoms with Crippen LogP contribution in [0.25, 0.3) is 0 Å². The molecule has 2 aromatic rings. The van der Waals surface area contributed by atoms with E-state index < -0.39 is 0 Å². The van der Waals surface area contributed by atoms with Gasteiger partial charge < -0.3 is 4.90 Å². The first-order chi connectivity index (χ1) is 9.61. The minimum absolute atomic E-state index is 0.0401. The minimum atomic E-state index is -0.0401. The summed E-state index contributed by atoms with van der Waals surface area (Å²) in [6, 6.07) is 10.9. The van der Waals surface area contributed by atoms with Gasteiger partial charge in [0.05, 0.1) is 17.8 Å². The molecule has 0 aliphatic heterocycles.